The summed E-state index contributed by atoms with van der Waals surface area (Å²) in [5.41, 5.74) is 1.31. The zero-order valence-electron chi connectivity index (χ0n) is 12.1. The molecule has 1 fully saturated rings. The van der Waals surface area contributed by atoms with Crippen LogP contribution in [0.1, 0.15) is 31.7 Å². The van der Waals surface area contributed by atoms with Crippen molar-refractivity contribution < 1.29 is 4.79 Å². The van der Waals surface area contributed by atoms with Crippen LogP contribution in [0.4, 0.5) is 0 Å². The molecule has 1 saturated heterocycles. The van der Waals surface area contributed by atoms with Gasteiger partial charge in [-0.3, -0.25) is 4.79 Å². The number of nitrogens with one attached hydrogen (secondary N) is 2. The fourth-order valence-electron chi connectivity index (χ4n) is 2.68. The molecule has 0 saturated carbocycles. The van der Waals surface area contributed by atoms with Crippen LogP contribution in [0.2, 0.25) is 0 Å². The molecular weight excluding hydrogens is 292 g/mol. The van der Waals surface area contributed by atoms with Crippen LogP contribution in [0, 0.1) is 11.8 Å². The first kappa shape index (κ1) is 17.5. The second-order valence-corrected chi connectivity index (χ2v) is 6.30. The largest absolute Gasteiger partial charge is 0.356 e. The van der Waals surface area contributed by atoms with Gasteiger partial charge in [0.25, 0.3) is 0 Å². The topological polar surface area (TPSA) is 41.1 Å². The van der Waals surface area contributed by atoms with Crippen molar-refractivity contribution in [3.63, 3.8) is 0 Å². The van der Waals surface area contributed by atoms with E-state index >= 15 is 0 Å². The van der Waals surface area contributed by atoms with Gasteiger partial charge in [-0.25, -0.2) is 0 Å². The number of hydrogen-bond acceptors (Lipinski definition) is 3. The molecule has 2 heterocycles. The molecule has 5 heteroatoms. The standard InChI is InChI=1S/C15H24N2OS.ClH/c1-12(14-3-2-6-16-10-14)9-15(18)17-7-4-13-5-8-19-11-13;/h5,8,11-12,14,16H,2-4,6-7,9-10H2,1H3,(H,17,18);1H. The number of piperidine rings is 1. The van der Waals surface area contributed by atoms with E-state index in [-0.39, 0.29) is 18.3 Å². The maximum atomic E-state index is 11.9. The minimum Gasteiger partial charge on any atom is -0.356 e. The second kappa shape index (κ2) is 9.37. The Morgan fingerprint density at radius 2 is 2.45 bits per heavy atom. The van der Waals surface area contributed by atoms with Gasteiger partial charge in [-0.1, -0.05) is 6.92 Å². The lowest BCUT2D eigenvalue weighted by molar-refractivity contribution is -0.122. The average Bonchev–Trinajstić information content (AvgIpc) is 2.93. The quantitative estimate of drug-likeness (QED) is 0.847. The smallest absolute Gasteiger partial charge is 0.220 e. The molecule has 1 aromatic heterocycles. The van der Waals surface area contributed by atoms with E-state index in [1.165, 1.54) is 18.4 Å². The van der Waals surface area contributed by atoms with Gasteiger partial charge in [0.2, 0.25) is 5.91 Å². The maximum Gasteiger partial charge on any atom is 0.220 e. The van der Waals surface area contributed by atoms with Gasteiger partial charge in [-0.15, -0.1) is 12.4 Å². The van der Waals surface area contributed by atoms with Crippen molar-refractivity contribution in [2.75, 3.05) is 19.6 Å². The van der Waals surface area contributed by atoms with Crippen LogP contribution in [0.15, 0.2) is 16.8 Å². The predicted octanol–water partition coefficient (Wildman–Crippen LogP) is 2.85. The van der Waals surface area contributed by atoms with E-state index in [1.807, 2.05) is 0 Å². The summed E-state index contributed by atoms with van der Waals surface area (Å²) < 4.78 is 0. The normalized spacial score (nSPS) is 19.9. The third-order valence-corrected chi connectivity index (χ3v) is 4.70. The number of thiophene rings is 1. The van der Waals surface area contributed by atoms with Crippen molar-refractivity contribution in [3.05, 3.63) is 22.4 Å². The number of halogens is 1. The second-order valence-electron chi connectivity index (χ2n) is 5.52. The molecular formula is C15H25ClN2OS. The van der Waals surface area contributed by atoms with Gasteiger partial charge >= 0.3 is 0 Å². The molecule has 2 rings (SSSR count). The Hall–Kier alpha value is -0.580. The Balaban J connectivity index is 0.00000200. The van der Waals surface area contributed by atoms with Gasteiger partial charge in [-0.2, -0.15) is 11.3 Å². The van der Waals surface area contributed by atoms with Gasteiger partial charge in [-0.05, 0) is 66.6 Å². The van der Waals surface area contributed by atoms with Crippen LogP contribution in [0.3, 0.4) is 0 Å². The summed E-state index contributed by atoms with van der Waals surface area (Å²) in [7, 11) is 0. The third kappa shape index (κ3) is 5.81. The van der Waals surface area contributed by atoms with Crippen LogP contribution in [-0.2, 0) is 11.2 Å². The lowest BCUT2D eigenvalue weighted by atomic mass is 9.85. The molecule has 3 nitrogen and oxygen atoms in total. The lowest BCUT2D eigenvalue weighted by Gasteiger charge is -2.28. The molecule has 0 spiro atoms. The van der Waals surface area contributed by atoms with Gasteiger partial charge in [0.15, 0.2) is 0 Å². The van der Waals surface area contributed by atoms with E-state index in [0.717, 1.165) is 26.1 Å². The molecule has 2 atom stereocenters. The number of carbonyl (C=O) groups is 1. The Bertz CT molecular complexity index is 377. The number of hydrogen-bond donors (Lipinski definition) is 2. The number of amides is 1. The van der Waals surface area contributed by atoms with Crippen LogP contribution in [0.5, 0.6) is 0 Å². The molecule has 114 valence electrons. The summed E-state index contributed by atoms with van der Waals surface area (Å²) in [6.07, 6.45) is 4.11. The van der Waals surface area contributed by atoms with Crippen LogP contribution in [0.25, 0.3) is 0 Å². The highest BCUT2D eigenvalue weighted by Crippen LogP contribution is 2.22. The van der Waals surface area contributed by atoms with E-state index in [1.54, 1.807) is 11.3 Å². The van der Waals surface area contributed by atoms with Gasteiger partial charge in [0.1, 0.15) is 0 Å². The van der Waals surface area contributed by atoms with Crippen LogP contribution >= 0.6 is 23.7 Å². The Kier molecular flexibility index (Phi) is 8.19. The summed E-state index contributed by atoms with van der Waals surface area (Å²) in [4.78, 5) is 11.9. The van der Waals surface area contributed by atoms with E-state index in [4.69, 9.17) is 0 Å². The lowest BCUT2D eigenvalue weighted by Crippen LogP contribution is -2.35. The zero-order valence-corrected chi connectivity index (χ0v) is 13.7. The van der Waals surface area contributed by atoms with Crippen molar-refractivity contribution in [1.82, 2.24) is 10.6 Å². The zero-order chi connectivity index (χ0) is 13.5. The minimum atomic E-state index is 0. The maximum absolute atomic E-state index is 11.9. The van der Waals surface area contributed by atoms with Crippen LogP contribution < -0.4 is 10.6 Å². The molecule has 1 aliphatic rings. The average molecular weight is 317 g/mol. The Labute approximate surface area is 131 Å². The summed E-state index contributed by atoms with van der Waals surface area (Å²) in [5.74, 6) is 1.35. The molecule has 2 unspecified atom stereocenters. The highest BCUT2D eigenvalue weighted by molar-refractivity contribution is 7.07. The molecule has 1 aromatic rings. The van der Waals surface area contributed by atoms with Gasteiger partial charge in [0, 0.05) is 13.0 Å². The fourth-order valence-corrected chi connectivity index (χ4v) is 3.38. The van der Waals surface area contributed by atoms with Gasteiger partial charge < -0.3 is 10.6 Å². The highest BCUT2D eigenvalue weighted by Gasteiger charge is 2.21. The molecule has 0 aromatic carbocycles. The van der Waals surface area contributed by atoms with Gasteiger partial charge in [0.05, 0.1) is 0 Å². The molecule has 20 heavy (non-hydrogen) atoms. The van der Waals surface area contributed by atoms with E-state index in [2.05, 4.69) is 34.4 Å². The highest BCUT2D eigenvalue weighted by atomic mass is 35.5. The third-order valence-electron chi connectivity index (χ3n) is 3.96. The molecule has 0 bridgehead atoms. The summed E-state index contributed by atoms with van der Waals surface area (Å²) in [6.45, 7) is 5.17. The molecule has 1 aliphatic heterocycles. The van der Waals surface area contributed by atoms with E-state index in [9.17, 15) is 4.79 Å². The van der Waals surface area contributed by atoms with Crippen molar-refractivity contribution in [3.8, 4) is 0 Å². The molecule has 2 N–H and O–H groups in total. The predicted molar refractivity (Wildman–Crippen MR) is 87.7 cm³/mol. The number of rotatable bonds is 6. The SMILES string of the molecule is CC(CC(=O)NCCc1ccsc1)C1CCCNC1.Cl. The number of carbonyl (C=O) groups excluding carboxylic acids is 1. The van der Waals surface area contributed by atoms with Crippen molar-refractivity contribution in [1.29, 1.82) is 0 Å². The van der Waals surface area contributed by atoms with Crippen molar-refractivity contribution >= 4 is 29.7 Å². The van der Waals surface area contributed by atoms with E-state index < -0.39 is 0 Å². The summed E-state index contributed by atoms with van der Waals surface area (Å²) >= 11 is 1.71. The first-order valence-corrected chi connectivity index (χ1v) is 8.18. The first-order valence-electron chi connectivity index (χ1n) is 7.24. The summed E-state index contributed by atoms with van der Waals surface area (Å²) in [6, 6.07) is 2.12. The Morgan fingerprint density at radius 3 is 3.10 bits per heavy atom. The van der Waals surface area contributed by atoms with Crippen molar-refractivity contribution in [2.24, 2.45) is 11.8 Å². The fraction of sp³-hybridized carbons (Fsp3) is 0.667. The molecule has 1 amide bonds. The molecule has 0 radical (unpaired) electrons. The monoisotopic (exact) mass is 316 g/mol. The van der Waals surface area contributed by atoms with Crippen LogP contribution in [-0.4, -0.2) is 25.5 Å². The first-order chi connectivity index (χ1) is 9.25. The van der Waals surface area contributed by atoms with E-state index in [0.29, 0.717) is 18.3 Å². The minimum absolute atomic E-state index is 0. The van der Waals surface area contributed by atoms with Crippen molar-refractivity contribution in [2.45, 2.75) is 32.6 Å². The Morgan fingerprint density at radius 1 is 1.60 bits per heavy atom. The molecule has 0 aliphatic carbocycles. The summed E-state index contributed by atoms with van der Waals surface area (Å²) in [5, 5.41) is 10.7.